The van der Waals surface area contributed by atoms with Crippen molar-refractivity contribution in [2.45, 2.75) is 20.3 Å². The lowest BCUT2D eigenvalue weighted by molar-refractivity contribution is 0.314. The molecule has 1 aromatic rings. The van der Waals surface area contributed by atoms with Gasteiger partial charge in [0.15, 0.2) is 0 Å². The molecule has 0 aliphatic carbocycles. The molecular weight excluding hydrogens is 188 g/mol. The van der Waals surface area contributed by atoms with Crippen LogP contribution in [0, 0.1) is 6.92 Å². The molecule has 0 unspecified atom stereocenters. The van der Waals surface area contributed by atoms with Gasteiger partial charge in [-0.05, 0) is 37.7 Å². The minimum absolute atomic E-state index is 0.634. The van der Waals surface area contributed by atoms with Gasteiger partial charge in [0.2, 0.25) is 5.05 Å². The van der Waals surface area contributed by atoms with E-state index in [4.69, 9.17) is 17.0 Å². The molecule has 0 aliphatic heterocycles. The standard InChI is InChI=1S/C9H12OS2/c1-3-6-10-9(11)8-5-4-7(2)12-8/h4-5H,3,6H2,1-2H3. The Kier molecular flexibility index (Phi) is 3.69. The van der Waals surface area contributed by atoms with Crippen LogP contribution in [0.2, 0.25) is 0 Å². The maximum atomic E-state index is 5.33. The highest BCUT2D eigenvalue weighted by Crippen LogP contribution is 2.16. The summed E-state index contributed by atoms with van der Waals surface area (Å²) in [5.41, 5.74) is 0. The fourth-order valence-corrected chi connectivity index (χ4v) is 1.85. The zero-order chi connectivity index (χ0) is 8.97. The van der Waals surface area contributed by atoms with Gasteiger partial charge in [-0.3, -0.25) is 0 Å². The van der Waals surface area contributed by atoms with Crippen LogP contribution in [0.1, 0.15) is 23.1 Å². The minimum atomic E-state index is 0.634. The number of rotatable bonds is 3. The molecule has 0 saturated carbocycles. The molecule has 0 N–H and O–H groups in total. The van der Waals surface area contributed by atoms with Crippen LogP contribution in [0.15, 0.2) is 12.1 Å². The molecule has 0 saturated heterocycles. The summed E-state index contributed by atoms with van der Waals surface area (Å²) in [6.45, 7) is 4.86. The second-order valence-electron chi connectivity index (χ2n) is 2.55. The summed E-state index contributed by atoms with van der Waals surface area (Å²) in [6.07, 6.45) is 1.00. The van der Waals surface area contributed by atoms with E-state index in [0.29, 0.717) is 5.05 Å². The second-order valence-corrected chi connectivity index (χ2v) is 4.20. The van der Waals surface area contributed by atoms with Crippen molar-refractivity contribution in [1.29, 1.82) is 0 Å². The summed E-state index contributed by atoms with van der Waals surface area (Å²) < 4.78 is 5.33. The first kappa shape index (κ1) is 9.68. The molecule has 1 rings (SSSR count). The average molecular weight is 200 g/mol. The third kappa shape index (κ3) is 2.57. The van der Waals surface area contributed by atoms with E-state index in [1.165, 1.54) is 4.88 Å². The molecule has 1 nitrogen and oxygen atoms in total. The minimum Gasteiger partial charge on any atom is -0.482 e. The van der Waals surface area contributed by atoms with Gasteiger partial charge < -0.3 is 4.74 Å². The molecule has 0 aliphatic rings. The quantitative estimate of drug-likeness (QED) is 0.693. The predicted octanol–water partition coefficient (Wildman–Crippen LogP) is 3.16. The number of hydrogen-bond acceptors (Lipinski definition) is 3. The van der Waals surface area contributed by atoms with Crippen LogP contribution in [0.5, 0.6) is 0 Å². The number of thiophene rings is 1. The van der Waals surface area contributed by atoms with Crippen molar-refractivity contribution in [3.8, 4) is 0 Å². The van der Waals surface area contributed by atoms with E-state index in [9.17, 15) is 0 Å². The lowest BCUT2D eigenvalue weighted by Gasteiger charge is -2.02. The largest absolute Gasteiger partial charge is 0.482 e. The molecule has 0 fully saturated rings. The van der Waals surface area contributed by atoms with Crippen molar-refractivity contribution >= 4 is 28.6 Å². The van der Waals surface area contributed by atoms with Crippen molar-refractivity contribution in [1.82, 2.24) is 0 Å². The number of thiocarbonyl (C=S) groups is 1. The fourth-order valence-electron chi connectivity index (χ4n) is 0.810. The van der Waals surface area contributed by atoms with Crippen LogP contribution in [-0.4, -0.2) is 11.7 Å². The van der Waals surface area contributed by atoms with E-state index < -0.39 is 0 Å². The van der Waals surface area contributed by atoms with Crippen LogP contribution in [0.25, 0.3) is 0 Å². The lowest BCUT2D eigenvalue weighted by atomic mass is 10.4. The molecule has 1 heterocycles. The maximum absolute atomic E-state index is 5.33. The van der Waals surface area contributed by atoms with Crippen LogP contribution >= 0.6 is 23.6 Å². The summed E-state index contributed by atoms with van der Waals surface area (Å²) in [6, 6.07) is 4.07. The van der Waals surface area contributed by atoms with Gasteiger partial charge in [0, 0.05) is 4.88 Å². The van der Waals surface area contributed by atoms with Gasteiger partial charge in [-0.1, -0.05) is 6.92 Å². The Morgan fingerprint density at radius 2 is 2.33 bits per heavy atom. The maximum Gasteiger partial charge on any atom is 0.201 e. The van der Waals surface area contributed by atoms with Gasteiger partial charge in [0.05, 0.1) is 11.5 Å². The number of hydrogen-bond donors (Lipinski definition) is 0. The summed E-state index contributed by atoms with van der Waals surface area (Å²) in [7, 11) is 0. The van der Waals surface area contributed by atoms with Crippen molar-refractivity contribution in [3.05, 3.63) is 21.9 Å². The van der Waals surface area contributed by atoms with Gasteiger partial charge in [0.1, 0.15) is 0 Å². The second kappa shape index (κ2) is 4.58. The zero-order valence-corrected chi connectivity index (χ0v) is 8.93. The van der Waals surface area contributed by atoms with E-state index >= 15 is 0 Å². The molecule has 0 bridgehead atoms. The molecule has 0 atom stereocenters. The van der Waals surface area contributed by atoms with Gasteiger partial charge >= 0.3 is 0 Å². The van der Waals surface area contributed by atoms with Crippen LogP contribution in [0.3, 0.4) is 0 Å². The molecule has 0 spiro atoms. The highest BCUT2D eigenvalue weighted by atomic mass is 32.1. The lowest BCUT2D eigenvalue weighted by Crippen LogP contribution is -2.01. The molecule has 1 aromatic heterocycles. The van der Waals surface area contributed by atoms with Crippen molar-refractivity contribution < 1.29 is 4.74 Å². The smallest absolute Gasteiger partial charge is 0.201 e. The first-order valence-corrected chi connectivity index (χ1v) is 5.20. The molecule has 12 heavy (non-hydrogen) atoms. The average Bonchev–Trinajstić information content (AvgIpc) is 2.47. The van der Waals surface area contributed by atoms with E-state index in [2.05, 4.69) is 19.9 Å². The molecular formula is C9H12OS2. The van der Waals surface area contributed by atoms with E-state index in [0.717, 1.165) is 17.9 Å². The highest BCUT2D eigenvalue weighted by Gasteiger charge is 2.03. The Morgan fingerprint density at radius 1 is 1.58 bits per heavy atom. The summed E-state index contributed by atoms with van der Waals surface area (Å²) in [5.74, 6) is 0. The third-order valence-corrected chi connectivity index (χ3v) is 2.85. The molecule has 66 valence electrons. The van der Waals surface area contributed by atoms with E-state index in [-0.39, 0.29) is 0 Å². The first-order chi connectivity index (χ1) is 5.74. The zero-order valence-electron chi connectivity index (χ0n) is 7.29. The first-order valence-electron chi connectivity index (χ1n) is 3.97. The van der Waals surface area contributed by atoms with E-state index in [1.54, 1.807) is 11.3 Å². The molecule has 0 amide bonds. The molecule has 3 heteroatoms. The third-order valence-electron chi connectivity index (χ3n) is 1.38. The van der Waals surface area contributed by atoms with Crippen molar-refractivity contribution in [2.75, 3.05) is 6.61 Å². The Hall–Kier alpha value is -0.410. The number of ether oxygens (including phenoxy) is 1. The monoisotopic (exact) mass is 200 g/mol. The van der Waals surface area contributed by atoms with Crippen molar-refractivity contribution in [3.63, 3.8) is 0 Å². The van der Waals surface area contributed by atoms with Crippen molar-refractivity contribution in [2.24, 2.45) is 0 Å². The Labute approximate surface area is 82.4 Å². The predicted molar refractivity (Wildman–Crippen MR) is 57.0 cm³/mol. The van der Waals surface area contributed by atoms with Gasteiger partial charge in [-0.2, -0.15) is 0 Å². The summed E-state index contributed by atoms with van der Waals surface area (Å²) in [4.78, 5) is 2.34. The summed E-state index contributed by atoms with van der Waals surface area (Å²) >= 11 is 6.77. The topological polar surface area (TPSA) is 9.23 Å². The molecule has 0 radical (unpaired) electrons. The van der Waals surface area contributed by atoms with Gasteiger partial charge in [0.25, 0.3) is 0 Å². The van der Waals surface area contributed by atoms with Crippen LogP contribution < -0.4 is 0 Å². The normalized spacial score (nSPS) is 9.83. The molecule has 0 aromatic carbocycles. The Morgan fingerprint density at radius 3 is 2.83 bits per heavy atom. The van der Waals surface area contributed by atoms with E-state index in [1.807, 2.05) is 6.07 Å². The number of aryl methyl sites for hydroxylation is 1. The van der Waals surface area contributed by atoms with Gasteiger partial charge in [-0.15, -0.1) is 11.3 Å². The highest BCUT2D eigenvalue weighted by molar-refractivity contribution is 7.80. The van der Waals surface area contributed by atoms with Crippen LogP contribution in [0.4, 0.5) is 0 Å². The Bertz CT molecular complexity index is 265. The summed E-state index contributed by atoms with van der Waals surface area (Å²) in [5, 5.41) is 0.634. The Balaban J connectivity index is 2.53. The SMILES string of the molecule is CCCOC(=S)c1ccc(C)s1. The van der Waals surface area contributed by atoms with Gasteiger partial charge in [-0.25, -0.2) is 0 Å². The van der Waals surface area contributed by atoms with Crippen LogP contribution in [-0.2, 0) is 4.74 Å². The fraction of sp³-hybridized carbons (Fsp3) is 0.444.